The zero-order valence-corrected chi connectivity index (χ0v) is 8.33. The number of H-pyrrole nitrogens is 1. The molecule has 0 aliphatic rings. The number of aryl methyl sites for hydroxylation is 1. The van der Waals surface area contributed by atoms with Crippen LogP contribution in [0.3, 0.4) is 0 Å². The molecule has 0 saturated heterocycles. The van der Waals surface area contributed by atoms with Crippen LogP contribution in [-0.4, -0.2) is 9.97 Å². The molecule has 0 aliphatic carbocycles. The van der Waals surface area contributed by atoms with Crippen LogP contribution in [0, 0.1) is 0 Å². The molecule has 2 rings (SSSR count). The lowest BCUT2D eigenvalue weighted by molar-refractivity contribution is 0.922. The summed E-state index contributed by atoms with van der Waals surface area (Å²) in [5.41, 5.74) is 3.67. The molecular weight excluding hydrogens is 172 g/mol. The van der Waals surface area contributed by atoms with Gasteiger partial charge < -0.3 is 4.98 Å². The second kappa shape index (κ2) is 4.09. The molecule has 72 valence electrons. The smallest absolute Gasteiger partial charge is 0.0924 e. The van der Waals surface area contributed by atoms with Crippen molar-refractivity contribution in [1.29, 1.82) is 0 Å². The number of aromatic nitrogens is 2. The summed E-state index contributed by atoms with van der Waals surface area (Å²) in [5.74, 6) is 0. The molecule has 0 bridgehead atoms. The third-order valence-electron chi connectivity index (χ3n) is 2.30. The Morgan fingerprint density at radius 1 is 1.21 bits per heavy atom. The van der Waals surface area contributed by atoms with Crippen molar-refractivity contribution >= 4 is 0 Å². The molecule has 2 aromatic rings. The van der Waals surface area contributed by atoms with Gasteiger partial charge in [-0.3, -0.25) is 0 Å². The zero-order chi connectivity index (χ0) is 9.80. The van der Waals surface area contributed by atoms with Gasteiger partial charge in [0.2, 0.25) is 0 Å². The molecule has 1 N–H and O–H groups in total. The fourth-order valence-electron chi connectivity index (χ4n) is 1.55. The van der Waals surface area contributed by atoms with E-state index in [0.29, 0.717) is 0 Å². The van der Waals surface area contributed by atoms with E-state index in [0.717, 1.165) is 12.1 Å². The highest BCUT2D eigenvalue weighted by Crippen LogP contribution is 2.16. The SMILES string of the molecule is CCCc1ccc(-c2cnc[nH]2)cc1. The third kappa shape index (κ3) is 1.84. The van der Waals surface area contributed by atoms with E-state index in [2.05, 4.69) is 41.2 Å². The molecule has 14 heavy (non-hydrogen) atoms. The Labute approximate surface area is 84.0 Å². The first kappa shape index (κ1) is 9.00. The number of aromatic amines is 1. The maximum atomic E-state index is 4.00. The molecule has 0 atom stereocenters. The summed E-state index contributed by atoms with van der Waals surface area (Å²) in [6.45, 7) is 2.20. The Hall–Kier alpha value is -1.57. The lowest BCUT2D eigenvalue weighted by atomic mass is 10.1. The molecule has 2 nitrogen and oxygen atoms in total. The normalized spacial score (nSPS) is 10.4. The highest BCUT2D eigenvalue weighted by atomic mass is 14.9. The Balaban J connectivity index is 2.22. The highest BCUT2D eigenvalue weighted by molar-refractivity contribution is 5.58. The first-order chi connectivity index (χ1) is 6.90. The first-order valence-electron chi connectivity index (χ1n) is 4.98. The van der Waals surface area contributed by atoms with Crippen molar-refractivity contribution in [2.45, 2.75) is 19.8 Å². The Bertz CT molecular complexity index is 373. The topological polar surface area (TPSA) is 28.7 Å². The van der Waals surface area contributed by atoms with Crippen LogP contribution < -0.4 is 0 Å². The number of rotatable bonds is 3. The number of imidazole rings is 1. The van der Waals surface area contributed by atoms with E-state index in [1.54, 1.807) is 6.33 Å². The van der Waals surface area contributed by atoms with Crippen LogP contribution in [0.5, 0.6) is 0 Å². The highest BCUT2D eigenvalue weighted by Gasteiger charge is 1.97. The minimum atomic E-state index is 1.08. The van der Waals surface area contributed by atoms with Crippen LogP contribution in [0.4, 0.5) is 0 Å². The molecule has 1 aromatic carbocycles. The van der Waals surface area contributed by atoms with Gasteiger partial charge in [0.25, 0.3) is 0 Å². The monoisotopic (exact) mass is 186 g/mol. The Morgan fingerprint density at radius 3 is 2.57 bits per heavy atom. The summed E-state index contributed by atoms with van der Waals surface area (Å²) in [4.78, 5) is 7.10. The molecule has 0 spiro atoms. The lowest BCUT2D eigenvalue weighted by Gasteiger charge is -2.00. The summed E-state index contributed by atoms with van der Waals surface area (Å²) < 4.78 is 0. The van der Waals surface area contributed by atoms with Crippen molar-refractivity contribution in [3.63, 3.8) is 0 Å². The summed E-state index contributed by atoms with van der Waals surface area (Å²) >= 11 is 0. The quantitative estimate of drug-likeness (QED) is 0.784. The molecular formula is C12H14N2. The van der Waals surface area contributed by atoms with Crippen molar-refractivity contribution < 1.29 is 0 Å². The summed E-state index contributed by atoms with van der Waals surface area (Å²) in [6.07, 6.45) is 5.90. The van der Waals surface area contributed by atoms with Crippen molar-refractivity contribution in [3.8, 4) is 11.3 Å². The second-order valence-electron chi connectivity index (χ2n) is 3.41. The summed E-state index contributed by atoms with van der Waals surface area (Å²) in [7, 11) is 0. The molecule has 0 radical (unpaired) electrons. The van der Waals surface area contributed by atoms with Crippen LogP contribution in [0.1, 0.15) is 18.9 Å². The maximum Gasteiger partial charge on any atom is 0.0924 e. The van der Waals surface area contributed by atoms with E-state index >= 15 is 0 Å². The number of hydrogen-bond acceptors (Lipinski definition) is 1. The molecule has 0 unspecified atom stereocenters. The van der Waals surface area contributed by atoms with Gasteiger partial charge in [0.05, 0.1) is 18.2 Å². The minimum absolute atomic E-state index is 1.08. The summed E-state index contributed by atoms with van der Waals surface area (Å²) in [6, 6.07) is 8.64. The van der Waals surface area contributed by atoms with Gasteiger partial charge in [0.1, 0.15) is 0 Å². The van der Waals surface area contributed by atoms with Crippen molar-refractivity contribution in [3.05, 3.63) is 42.4 Å². The van der Waals surface area contributed by atoms with E-state index in [4.69, 9.17) is 0 Å². The molecule has 0 amide bonds. The average molecular weight is 186 g/mol. The van der Waals surface area contributed by atoms with Gasteiger partial charge in [0, 0.05) is 0 Å². The summed E-state index contributed by atoms with van der Waals surface area (Å²) in [5, 5.41) is 0. The van der Waals surface area contributed by atoms with E-state index in [9.17, 15) is 0 Å². The average Bonchev–Trinajstić information content (AvgIpc) is 2.72. The number of nitrogens with one attached hydrogen (secondary N) is 1. The van der Waals surface area contributed by atoms with E-state index in [-0.39, 0.29) is 0 Å². The van der Waals surface area contributed by atoms with Gasteiger partial charge in [-0.25, -0.2) is 4.98 Å². The Kier molecular flexibility index (Phi) is 2.63. The second-order valence-corrected chi connectivity index (χ2v) is 3.41. The fourth-order valence-corrected chi connectivity index (χ4v) is 1.55. The van der Waals surface area contributed by atoms with Gasteiger partial charge >= 0.3 is 0 Å². The first-order valence-corrected chi connectivity index (χ1v) is 4.98. The van der Waals surface area contributed by atoms with Crippen molar-refractivity contribution in [2.75, 3.05) is 0 Å². The van der Waals surface area contributed by atoms with Crippen molar-refractivity contribution in [2.24, 2.45) is 0 Å². The van der Waals surface area contributed by atoms with Gasteiger partial charge in [-0.2, -0.15) is 0 Å². The molecule has 2 heteroatoms. The number of hydrogen-bond donors (Lipinski definition) is 1. The standard InChI is InChI=1S/C12H14N2/c1-2-3-10-4-6-11(7-5-10)12-8-13-9-14-12/h4-9H,2-3H2,1H3,(H,13,14). The number of benzene rings is 1. The lowest BCUT2D eigenvalue weighted by Crippen LogP contribution is -1.83. The molecule has 1 heterocycles. The molecule has 0 aliphatic heterocycles. The predicted molar refractivity (Wildman–Crippen MR) is 58.0 cm³/mol. The van der Waals surface area contributed by atoms with Gasteiger partial charge in [-0.1, -0.05) is 37.6 Å². The minimum Gasteiger partial charge on any atom is -0.345 e. The van der Waals surface area contributed by atoms with E-state index in [1.165, 1.54) is 17.5 Å². The van der Waals surface area contributed by atoms with Crippen LogP contribution in [0.25, 0.3) is 11.3 Å². The van der Waals surface area contributed by atoms with E-state index in [1.807, 2.05) is 6.20 Å². The van der Waals surface area contributed by atoms with Gasteiger partial charge in [-0.15, -0.1) is 0 Å². The molecule has 1 aromatic heterocycles. The zero-order valence-electron chi connectivity index (χ0n) is 8.33. The van der Waals surface area contributed by atoms with Crippen LogP contribution in [0.2, 0.25) is 0 Å². The Morgan fingerprint density at radius 2 is 2.00 bits per heavy atom. The molecule has 0 saturated carbocycles. The predicted octanol–water partition coefficient (Wildman–Crippen LogP) is 3.03. The van der Waals surface area contributed by atoms with Crippen LogP contribution in [-0.2, 0) is 6.42 Å². The van der Waals surface area contributed by atoms with Gasteiger partial charge in [-0.05, 0) is 17.5 Å². The third-order valence-corrected chi connectivity index (χ3v) is 2.30. The van der Waals surface area contributed by atoms with Crippen LogP contribution >= 0.6 is 0 Å². The number of nitrogens with zero attached hydrogens (tertiary/aromatic N) is 1. The maximum absolute atomic E-state index is 4.00. The van der Waals surface area contributed by atoms with Gasteiger partial charge in [0.15, 0.2) is 0 Å². The van der Waals surface area contributed by atoms with E-state index < -0.39 is 0 Å². The largest absolute Gasteiger partial charge is 0.345 e. The van der Waals surface area contributed by atoms with Crippen molar-refractivity contribution in [1.82, 2.24) is 9.97 Å². The fraction of sp³-hybridized carbons (Fsp3) is 0.250. The van der Waals surface area contributed by atoms with Crippen LogP contribution in [0.15, 0.2) is 36.8 Å². The molecule has 0 fully saturated rings.